The van der Waals surface area contributed by atoms with Gasteiger partial charge >= 0.3 is 0 Å². The van der Waals surface area contributed by atoms with Crippen molar-refractivity contribution in [1.29, 1.82) is 0 Å². The lowest BCUT2D eigenvalue weighted by molar-refractivity contribution is -0.127. The normalized spacial score (nSPS) is 18.1. The van der Waals surface area contributed by atoms with Gasteiger partial charge < -0.3 is 14.6 Å². The van der Waals surface area contributed by atoms with Crippen molar-refractivity contribution in [2.45, 2.75) is 31.8 Å². The second-order valence-electron chi connectivity index (χ2n) is 5.84. The summed E-state index contributed by atoms with van der Waals surface area (Å²) in [4.78, 5) is 14.0. The van der Waals surface area contributed by atoms with E-state index in [0.29, 0.717) is 6.42 Å². The van der Waals surface area contributed by atoms with E-state index >= 15 is 0 Å². The van der Waals surface area contributed by atoms with Gasteiger partial charge in [-0.05, 0) is 24.5 Å². The molecule has 1 N–H and O–H groups in total. The molecular formula is C18H22N2O2. The molecule has 1 aliphatic rings. The van der Waals surface area contributed by atoms with Crippen LogP contribution in [0.2, 0.25) is 0 Å². The van der Waals surface area contributed by atoms with Crippen LogP contribution >= 0.6 is 0 Å². The number of carbonyl (C=O) groups excluding carboxylic acids is 1. The Hall–Kier alpha value is -2.07. The van der Waals surface area contributed by atoms with Crippen LogP contribution in [0.25, 0.3) is 0 Å². The smallest absolute Gasteiger partial charge is 0.224 e. The molecule has 3 rings (SSSR count). The van der Waals surface area contributed by atoms with Crippen LogP contribution in [0.3, 0.4) is 0 Å². The van der Waals surface area contributed by atoms with Crippen LogP contribution in [0.4, 0.5) is 0 Å². The molecule has 1 aromatic carbocycles. The lowest BCUT2D eigenvalue weighted by Crippen LogP contribution is -2.32. The van der Waals surface area contributed by atoms with E-state index in [0.717, 1.165) is 38.0 Å². The first kappa shape index (κ1) is 14.9. The first-order valence-electron chi connectivity index (χ1n) is 7.87. The highest BCUT2D eigenvalue weighted by molar-refractivity contribution is 5.79. The molecule has 0 bridgehead atoms. The maximum atomic E-state index is 12.1. The number of amides is 1. The largest absolute Gasteiger partial charge is 0.472 e. The first-order chi connectivity index (χ1) is 10.8. The average Bonchev–Trinajstić information content (AvgIpc) is 3.17. The summed E-state index contributed by atoms with van der Waals surface area (Å²) in [5.74, 6) is 0.262. The van der Waals surface area contributed by atoms with Crippen molar-refractivity contribution in [3.05, 3.63) is 60.1 Å². The third kappa shape index (κ3) is 3.98. The van der Waals surface area contributed by atoms with Crippen LogP contribution in [-0.4, -0.2) is 29.9 Å². The van der Waals surface area contributed by atoms with Gasteiger partial charge in [-0.25, -0.2) is 0 Å². The molecule has 1 amide bonds. The molecule has 0 unspecified atom stereocenters. The van der Waals surface area contributed by atoms with Crippen molar-refractivity contribution in [2.24, 2.45) is 0 Å². The Balaban J connectivity index is 1.40. The molecule has 2 heterocycles. The number of carbonyl (C=O) groups is 1. The standard InChI is InChI=1S/C18H22N2O2/c21-18-11-17(19-12-16-8-10-22-14-16)13-20(18)9-4-7-15-5-2-1-3-6-15/h1-3,5-6,8,10,14,17,19H,4,7,9,11-13H2/t17-/m0/s1. The fraction of sp³-hybridized carbons (Fsp3) is 0.389. The first-order valence-corrected chi connectivity index (χ1v) is 7.87. The van der Waals surface area contributed by atoms with Crippen molar-refractivity contribution in [1.82, 2.24) is 10.2 Å². The Labute approximate surface area is 131 Å². The summed E-state index contributed by atoms with van der Waals surface area (Å²) in [6.45, 7) is 2.41. The SMILES string of the molecule is O=C1C[C@H](NCc2ccoc2)CN1CCCc1ccccc1. The number of hydrogen-bond acceptors (Lipinski definition) is 3. The lowest BCUT2D eigenvalue weighted by atomic mass is 10.1. The van der Waals surface area contributed by atoms with E-state index in [1.807, 2.05) is 17.0 Å². The monoisotopic (exact) mass is 298 g/mol. The number of likely N-dealkylation sites (tertiary alicyclic amines) is 1. The van der Waals surface area contributed by atoms with Crippen molar-refractivity contribution in [3.63, 3.8) is 0 Å². The van der Waals surface area contributed by atoms with E-state index in [1.54, 1.807) is 12.5 Å². The molecule has 1 fully saturated rings. The minimum absolute atomic E-state index is 0.249. The van der Waals surface area contributed by atoms with E-state index in [9.17, 15) is 4.79 Å². The number of nitrogens with one attached hydrogen (secondary N) is 1. The maximum Gasteiger partial charge on any atom is 0.224 e. The van der Waals surface area contributed by atoms with Gasteiger partial charge in [-0.2, -0.15) is 0 Å². The van der Waals surface area contributed by atoms with E-state index < -0.39 is 0 Å². The van der Waals surface area contributed by atoms with E-state index in [1.165, 1.54) is 5.56 Å². The molecule has 0 aliphatic carbocycles. The second kappa shape index (κ2) is 7.27. The number of aryl methyl sites for hydroxylation is 1. The summed E-state index contributed by atoms with van der Waals surface area (Å²) < 4.78 is 5.05. The third-order valence-electron chi connectivity index (χ3n) is 4.13. The summed E-state index contributed by atoms with van der Waals surface area (Å²) in [5, 5.41) is 3.43. The second-order valence-corrected chi connectivity index (χ2v) is 5.84. The van der Waals surface area contributed by atoms with E-state index in [4.69, 9.17) is 4.42 Å². The van der Waals surface area contributed by atoms with Crippen molar-refractivity contribution < 1.29 is 9.21 Å². The van der Waals surface area contributed by atoms with Gasteiger partial charge in [0, 0.05) is 37.7 Å². The lowest BCUT2D eigenvalue weighted by Gasteiger charge is -2.17. The van der Waals surface area contributed by atoms with Gasteiger partial charge in [0.05, 0.1) is 12.5 Å². The number of rotatable bonds is 7. The fourth-order valence-corrected chi connectivity index (χ4v) is 2.90. The van der Waals surface area contributed by atoms with Crippen LogP contribution in [-0.2, 0) is 17.8 Å². The highest BCUT2D eigenvalue weighted by atomic mass is 16.3. The van der Waals surface area contributed by atoms with Crippen molar-refractivity contribution in [3.8, 4) is 0 Å². The molecular weight excluding hydrogens is 276 g/mol. The molecule has 0 saturated carbocycles. The zero-order valence-electron chi connectivity index (χ0n) is 12.7. The van der Waals surface area contributed by atoms with Crippen LogP contribution < -0.4 is 5.32 Å². The molecule has 1 aliphatic heterocycles. The molecule has 0 spiro atoms. The number of nitrogens with zero attached hydrogens (tertiary/aromatic N) is 1. The van der Waals surface area contributed by atoms with Crippen molar-refractivity contribution in [2.75, 3.05) is 13.1 Å². The zero-order chi connectivity index (χ0) is 15.2. The number of furan rings is 1. The molecule has 4 heteroatoms. The van der Waals surface area contributed by atoms with Gasteiger partial charge in [0.25, 0.3) is 0 Å². The molecule has 1 saturated heterocycles. The van der Waals surface area contributed by atoms with E-state index in [-0.39, 0.29) is 11.9 Å². The van der Waals surface area contributed by atoms with Gasteiger partial charge in [0.2, 0.25) is 5.91 Å². The Morgan fingerprint density at radius 1 is 1.18 bits per heavy atom. The Morgan fingerprint density at radius 2 is 2.05 bits per heavy atom. The van der Waals surface area contributed by atoms with Crippen LogP contribution in [0.15, 0.2) is 53.3 Å². The summed E-state index contributed by atoms with van der Waals surface area (Å²) in [6, 6.07) is 12.6. The molecule has 1 atom stereocenters. The highest BCUT2D eigenvalue weighted by Gasteiger charge is 2.28. The summed E-state index contributed by atoms with van der Waals surface area (Å²) in [6.07, 6.45) is 6.05. The maximum absolute atomic E-state index is 12.1. The van der Waals surface area contributed by atoms with Gasteiger partial charge in [-0.15, -0.1) is 0 Å². The van der Waals surface area contributed by atoms with Gasteiger partial charge in [0.1, 0.15) is 0 Å². The number of benzene rings is 1. The molecule has 0 radical (unpaired) electrons. The minimum Gasteiger partial charge on any atom is -0.472 e. The van der Waals surface area contributed by atoms with Crippen molar-refractivity contribution >= 4 is 5.91 Å². The summed E-state index contributed by atoms with van der Waals surface area (Å²) >= 11 is 0. The third-order valence-corrected chi connectivity index (χ3v) is 4.13. The van der Waals surface area contributed by atoms with Crippen LogP contribution in [0, 0.1) is 0 Å². The zero-order valence-corrected chi connectivity index (χ0v) is 12.7. The molecule has 1 aromatic heterocycles. The fourth-order valence-electron chi connectivity index (χ4n) is 2.90. The molecule has 116 valence electrons. The summed E-state index contributed by atoms with van der Waals surface area (Å²) in [7, 11) is 0. The Bertz CT molecular complexity index is 580. The average molecular weight is 298 g/mol. The quantitative estimate of drug-likeness (QED) is 0.854. The summed E-state index contributed by atoms with van der Waals surface area (Å²) in [5.41, 5.74) is 2.46. The molecule has 2 aromatic rings. The molecule has 4 nitrogen and oxygen atoms in total. The minimum atomic E-state index is 0.249. The Morgan fingerprint density at radius 3 is 2.82 bits per heavy atom. The van der Waals surface area contributed by atoms with Gasteiger partial charge in [-0.3, -0.25) is 4.79 Å². The van der Waals surface area contributed by atoms with Crippen LogP contribution in [0.1, 0.15) is 24.0 Å². The Kier molecular flexibility index (Phi) is 4.91. The predicted molar refractivity (Wildman–Crippen MR) is 85.3 cm³/mol. The van der Waals surface area contributed by atoms with E-state index in [2.05, 4.69) is 29.6 Å². The van der Waals surface area contributed by atoms with Gasteiger partial charge in [0.15, 0.2) is 0 Å². The van der Waals surface area contributed by atoms with Gasteiger partial charge in [-0.1, -0.05) is 30.3 Å². The predicted octanol–water partition coefficient (Wildman–Crippen LogP) is 2.60. The van der Waals surface area contributed by atoms with Crippen LogP contribution in [0.5, 0.6) is 0 Å². The molecule has 22 heavy (non-hydrogen) atoms. The topological polar surface area (TPSA) is 45.5 Å². The number of hydrogen-bond donors (Lipinski definition) is 1. The highest BCUT2D eigenvalue weighted by Crippen LogP contribution is 2.13.